The predicted molar refractivity (Wildman–Crippen MR) is 297 cm³/mol. The highest BCUT2D eigenvalue weighted by molar-refractivity contribution is 4.99. The number of aliphatic hydroxyl groups is 1. The van der Waals surface area contributed by atoms with E-state index in [0.29, 0.717) is 12.8 Å². The van der Waals surface area contributed by atoms with Gasteiger partial charge in [-0.25, -0.2) is 6.57 Å². The van der Waals surface area contributed by atoms with Crippen molar-refractivity contribution < 1.29 is 71.4 Å². The maximum Gasteiger partial charge on any atom is 0.354 e. The highest BCUT2D eigenvalue weighted by atomic mass is 16.8. The molecule has 79 heavy (non-hydrogen) atoms. The number of hydrogen-bond acceptors (Lipinski definition) is 15. The molecule has 1 N–H and O–H groups in total. The van der Waals surface area contributed by atoms with Crippen molar-refractivity contribution >= 4 is 0 Å². The molecular weight excluding hydrogens is 1010 g/mol. The van der Waals surface area contributed by atoms with Crippen LogP contribution in [0.4, 0.5) is 0 Å². The molecule has 36 atom stereocenters. The Bertz CT molecular complexity index is 1930. The van der Waals surface area contributed by atoms with Gasteiger partial charge in [0.15, 0.2) is 50.1 Å². The van der Waals surface area contributed by atoms with Gasteiger partial charge in [0.05, 0.1) is 73.2 Å². The normalized spacial score (nSPS) is 54.6. The van der Waals surface area contributed by atoms with Crippen molar-refractivity contribution in [2.24, 2.45) is 82.9 Å². The molecule has 0 amide bonds. The lowest BCUT2D eigenvalue weighted by Gasteiger charge is -2.52. The van der Waals surface area contributed by atoms with Crippen LogP contribution in [0.3, 0.4) is 0 Å². The Morgan fingerprint density at radius 2 is 0.430 bits per heavy atom. The lowest BCUT2D eigenvalue weighted by atomic mass is 9.80. The summed E-state index contributed by atoms with van der Waals surface area (Å²) in [5, 5.41) is 11.4. The molecular formula is C63H109NO15. The molecule has 0 radical (unpaired) electrons. The van der Waals surface area contributed by atoms with Crippen molar-refractivity contribution in [3.63, 3.8) is 0 Å². The van der Waals surface area contributed by atoms with Crippen molar-refractivity contribution in [2.75, 3.05) is 0 Å². The molecule has 21 aliphatic rings. The van der Waals surface area contributed by atoms with E-state index in [-0.39, 0.29) is 156 Å². The van der Waals surface area contributed by atoms with Crippen molar-refractivity contribution in [3.8, 4) is 0 Å². The minimum atomic E-state index is -1.48. The zero-order chi connectivity index (χ0) is 57.6. The number of nitrogens with zero attached hydrogens (tertiary/aromatic N) is 1. The zero-order valence-electron chi connectivity index (χ0n) is 52.1. The van der Waals surface area contributed by atoms with Crippen LogP contribution in [0.25, 0.3) is 4.85 Å². The fourth-order valence-corrected chi connectivity index (χ4v) is 14.7. The molecule has 456 valence electrons. The van der Waals surface area contributed by atoms with Crippen molar-refractivity contribution in [2.45, 2.75) is 313 Å². The average Bonchev–Trinajstić information content (AvgIpc) is 3.44. The Labute approximate surface area is 476 Å². The second-order valence-electron chi connectivity index (χ2n) is 26.5. The SMILES string of the molecule is [C-]#[N+]C(O)[C@H]1O[C@@H]2O[C@H]3C(C)C(C)[C@H](O[C@@H]3CC)O[C@H]3C(C)C(C)[C@H](O[C@@H]3CC)O[C@H]3C(C)C(C)[C@H](O[C@@H]3CC)O[C@H]3C(C)C(C)[C@H](O[C@@H]3CC)O[C@H]3C(C)C(C)[C@H](O[C@@H]3CC)O[C@H]3C(C)C(C)[C@H](O[C@@H]3CC)O[C@H]1C(C)C2C. The van der Waals surface area contributed by atoms with Crippen LogP contribution in [-0.2, 0) is 66.3 Å². The first-order valence-corrected chi connectivity index (χ1v) is 31.8. The third kappa shape index (κ3) is 12.6. The molecule has 21 saturated heterocycles. The van der Waals surface area contributed by atoms with Crippen LogP contribution in [0.5, 0.6) is 0 Å². The van der Waals surface area contributed by atoms with Gasteiger partial charge in [-0.3, -0.25) is 4.85 Å². The van der Waals surface area contributed by atoms with Gasteiger partial charge in [-0.15, -0.1) is 0 Å². The summed E-state index contributed by atoms with van der Waals surface area (Å²) < 4.78 is 98.5. The average molecular weight is 1120 g/mol. The van der Waals surface area contributed by atoms with E-state index in [1.807, 2.05) is 0 Å². The van der Waals surface area contributed by atoms with E-state index in [4.69, 9.17) is 72.9 Å². The maximum absolute atomic E-state index is 11.4. The van der Waals surface area contributed by atoms with E-state index in [9.17, 15) is 5.11 Å². The van der Waals surface area contributed by atoms with Crippen LogP contribution in [-0.4, -0.2) is 141 Å². The minimum Gasteiger partial charge on any atom is -0.346 e. The first-order chi connectivity index (χ1) is 37.6. The van der Waals surface area contributed by atoms with Crippen LogP contribution in [0.2, 0.25) is 0 Å². The molecule has 0 aromatic carbocycles. The zero-order valence-corrected chi connectivity index (χ0v) is 52.1. The van der Waals surface area contributed by atoms with E-state index in [1.165, 1.54) is 0 Å². The van der Waals surface area contributed by atoms with Gasteiger partial charge < -0.3 is 71.4 Å². The van der Waals surface area contributed by atoms with E-state index >= 15 is 0 Å². The highest BCUT2D eigenvalue weighted by Gasteiger charge is 2.57. The van der Waals surface area contributed by atoms with E-state index < -0.39 is 62.5 Å². The van der Waals surface area contributed by atoms with Gasteiger partial charge >= 0.3 is 6.23 Å². The summed E-state index contributed by atoms with van der Waals surface area (Å²) in [6.07, 6.45) is -5.36. The van der Waals surface area contributed by atoms with Crippen LogP contribution >= 0.6 is 0 Å². The molecule has 0 spiro atoms. The van der Waals surface area contributed by atoms with E-state index in [1.54, 1.807) is 0 Å². The number of ether oxygens (including phenoxy) is 14. The van der Waals surface area contributed by atoms with Gasteiger partial charge in [0, 0.05) is 41.4 Å². The summed E-state index contributed by atoms with van der Waals surface area (Å²) in [5.74, 6) is -0.00482. The molecule has 21 aliphatic heterocycles. The maximum atomic E-state index is 11.4. The lowest BCUT2D eigenvalue weighted by Crippen LogP contribution is -2.61. The Morgan fingerprint density at radius 3 is 0.608 bits per heavy atom. The summed E-state index contributed by atoms with van der Waals surface area (Å²) in [4.78, 5) is 3.60. The summed E-state index contributed by atoms with van der Waals surface area (Å²) in [6.45, 7) is 51.8. The Morgan fingerprint density at radius 1 is 0.266 bits per heavy atom. The number of aliphatic hydroxyl groups excluding tert-OH is 1. The molecule has 14 bridgehead atoms. The topological polar surface area (TPSA) is 154 Å². The van der Waals surface area contributed by atoms with Crippen molar-refractivity contribution in [1.29, 1.82) is 0 Å². The largest absolute Gasteiger partial charge is 0.354 e. The predicted octanol–water partition coefficient (Wildman–Crippen LogP) is 11.4. The molecule has 21 fully saturated rings. The Hall–Kier alpha value is -1.11. The van der Waals surface area contributed by atoms with Gasteiger partial charge in [0.1, 0.15) is 6.10 Å². The molecule has 21 rings (SSSR count). The van der Waals surface area contributed by atoms with Crippen LogP contribution in [0, 0.1) is 89.4 Å². The molecule has 16 nitrogen and oxygen atoms in total. The van der Waals surface area contributed by atoms with Crippen LogP contribution in [0.1, 0.15) is 177 Å². The highest BCUT2D eigenvalue weighted by Crippen LogP contribution is 2.48. The first-order valence-electron chi connectivity index (χ1n) is 31.8. The fourth-order valence-electron chi connectivity index (χ4n) is 14.7. The summed E-state index contributed by atoms with van der Waals surface area (Å²) in [6, 6.07) is 0. The van der Waals surface area contributed by atoms with E-state index in [2.05, 4.69) is 143 Å². The summed E-state index contributed by atoms with van der Waals surface area (Å²) in [5.41, 5.74) is 0. The molecule has 0 saturated carbocycles. The van der Waals surface area contributed by atoms with Gasteiger partial charge in [0.2, 0.25) is 0 Å². The number of hydrogen-bond donors (Lipinski definition) is 1. The van der Waals surface area contributed by atoms with Gasteiger partial charge in [0.25, 0.3) is 0 Å². The summed E-state index contributed by atoms with van der Waals surface area (Å²) >= 11 is 0. The fraction of sp³-hybridized carbons (Fsp3) is 0.984. The third-order valence-electron chi connectivity index (χ3n) is 22.0. The molecule has 21 heterocycles. The molecule has 0 aliphatic carbocycles. The number of rotatable bonds is 7. The molecule has 16 heteroatoms. The Kier molecular flexibility index (Phi) is 21.9. The first kappa shape index (κ1) is 63.9. The van der Waals surface area contributed by atoms with Crippen molar-refractivity contribution in [3.05, 3.63) is 11.4 Å². The lowest BCUT2D eigenvalue weighted by molar-refractivity contribution is -0.371. The van der Waals surface area contributed by atoms with Gasteiger partial charge in [-0.2, -0.15) is 0 Å². The second-order valence-corrected chi connectivity index (χ2v) is 26.5. The molecule has 0 aromatic rings. The molecule has 15 unspecified atom stereocenters. The minimum absolute atomic E-state index is 0.00236. The second kappa shape index (κ2) is 27.1. The standard InChI is InChI=1S/C63H109NO15/c1-22-42-48-29(8)36(15)58(67-42)74-50-31(10)38(17)60(69-44(50)24-3)76-52-33(12)40(19)62(71-46(52)26-5)78-54-34(13)41(20)63(79-55(54)56(65)64-21)77-53-32(11)39(18)61(70-47(53)27-6)75-51-30(9)37(16)59(68-45(51)25-4)73-49-28(7)35(14)57(72-48)66-43(49)23-2/h28-63,65H,22-27H2,1-20H3/t28?,29?,30?,31?,32?,33?,34?,35?,36?,37?,38?,39?,40?,41?,42-,43-,44-,45-,46-,47-,48+,49+,50+,51+,52+,53+,54+,55+,56?,57-,58-,59-,60-,61-,62-,63+/m1/s1. The monoisotopic (exact) mass is 1120 g/mol. The van der Waals surface area contributed by atoms with E-state index in [0.717, 1.165) is 25.7 Å². The van der Waals surface area contributed by atoms with Crippen LogP contribution < -0.4 is 0 Å². The Balaban J connectivity index is 1.09. The smallest absolute Gasteiger partial charge is 0.346 e. The third-order valence-corrected chi connectivity index (χ3v) is 22.0. The van der Waals surface area contributed by atoms with Crippen LogP contribution in [0.15, 0.2) is 0 Å². The van der Waals surface area contributed by atoms with Crippen molar-refractivity contribution in [1.82, 2.24) is 0 Å². The quantitative estimate of drug-likeness (QED) is 0.240. The summed E-state index contributed by atoms with van der Waals surface area (Å²) in [7, 11) is 0. The van der Waals surface area contributed by atoms with Gasteiger partial charge in [-0.05, 0) is 80.0 Å². The van der Waals surface area contributed by atoms with Gasteiger partial charge in [-0.1, -0.05) is 138 Å². The molecule has 0 aromatic heterocycles.